The molecule has 3 rings (SSSR count). The minimum atomic E-state index is -5.67. The molecular formula is C15H17BF3NO3S. The molecule has 1 aliphatic heterocycles. The van der Waals surface area contributed by atoms with Crippen LogP contribution < -0.4 is 0 Å². The molecule has 1 aromatic carbocycles. The summed E-state index contributed by atoms with van der Waals surface area (Å²) in [5.74, 6) is -0.229. The van der Waals surface area contributed by atoms with Crippen LogP contribution in [0.15, 0.2) is 30.3 Å². The van der Waals surface area contributed by atoms with E-state index in [0.717, 1.165) is 31.5 Å². The van der Waals surface area contributed by atoms with Gasteiger partial charge < -0.3 is 8.99 Å². The van der Waals surface area contributed by atoms with Crippen LogP contribution in [0.3, 0.4) is 0 Å². The van der Waals surface area contributed by atoms with Crippen LogP contribution in [0.4, 0.5) is 13.2 Å². The summed E-state index contributed by atoms with van der Waals surface area (Å²) < 4.78 is 64.9. The van der Waals surface area contributed by atoms with Gasteiger partial charge in [0.25, 0.3) is 0 Å². The zero-order valence-electron chi connectivity index (χ0n) is 13.1. The Morgan fingerprint density at radius 2 is 1.79 bits per heavy atom. The number of fused-ring (bicyclic) bond motifs is 2. The number of piperidine rings is 1. The predicted molar refractivity (Wildman–Crippen MR) is 86.1 cm³/mol. The number of alkyl halides is 3. The second kappa shape index (κ2) is 5.80. The van der Waals surface area contributed by atoms with Crippen LogP contribution in [0.2, 0.25) is 0 Å². The summed E-state index contributed by atoms with van der Waals surface area (Å²) >= 11 is 0. The molecule has 24 heavy (non-hydrogen) atoms. The van der Waals surface area contributed by atoms with Crippen molar-refractivity contribution in [3.8, 4) is 0 Å². The van der Waals surface area contributed by atoms with Gasteiger partial charge in [0.1, 0.15) is 5.76 Å². The lowest BCUT2D eigenvalue weighted by molar-refractivity contribution is -0.0509. The predicted octanol–water partition coefficient (Wildman–Crippen LogP) is 2.18. The van der Waals surface area contributed by atoms with E-state index >= 15 is 0 Å². The average Bonchev–Trinajstić information content (AvgIpc) is 2.52. The van der Waals surface area contributed by atoms with E-state index in [1.54, 1.807) is 12.1 Å². The molecule has 130 valence electrons. The first-order valence-corrected chi connectivity index (χ1v) is 9.05. The fraction of sp³-hybridized carbons (Fsp3) is 0.467. The number of rotatable bonds is 2. The highest BCUT2D eigenvalue weighted by Crippen LogP contribution is 2.46. The molecule has 1 spiro atoms. The number of nitrogens with zero attached hydrogens (tertiary/aromatic N) is 1. The molecule has 0 saturated carbocycles. The molecule has 1 aromatic rings. The van der Waals surface area contributed by atoms with Gasteiger partial charge in [-0.25, -0.2) is 0 Å². The van der Waals surface area contributed by atoms with Crippen LogP contribution >= 0.6 is 0 Å². The van der Waals surface area contributed by atoms with Crippen molar-refractivity contribution < 1.29 is 25.8 Å². The molecular weight excluding hydrogens is 342 g/mol. The summed E-state index contributed by atoms with van der Waals surface area (Å²) in [7, 11) is -3.64. The van der Waals surface area contributed by atoms with Crippen LogP contribution in [0.1, 0.15) is 30.4 Å². The van der Waals surface area contributed by atoms with Gasteiger partial charge in [0.2, 0.25) is 0 Å². The van der Waals surface area contributed by atoms with E-state index in [2.05, 4.69) is 8.99 Å². The van der Waals surface area contributed by atoms with Crippen LogP contribution in [-0.2, 0) is 19.7 Å². The minimum Gasteiger partial charge on any atom is -0.376 e. The Labute approximate surface area is 139 Å². The monoisotopic (exact) mass is 359 g/mol. The van der Waals surface area contributed by atoms with Gasteiger partial charge in [-0.2, -0.15) is 21.6 Å². The summed E-state index contributed by atoms with van der Waals surface area (Å²) in [5, 5.41) is 0. The van der Waals surface area contributed by atoms with E-state index in [-0.39, 0.29) is 11.2 Å². The molecule has 0 N–H and O–H groups in total. The lowest BCUT2D eigenvalue weighted by atomic mass is 9.66. The Morgan fingerprint density at radius 3 is 2.42 bits per heavy atom. The van der Waals surface area contributed by atoms with E-state index in [4.69, 9.17) is 0 Å². The Kier molecular flexibility index (Phi) is 4.20. The van der Waals surface area contributed by atoms with Crippen molar-refractivity contribution >= 4 is 23.9 Å². The largest absolute Gasteiger partial charge is 0.534 e. The smallest absolute Gasteiger partial charge is 0.376 e. The van der Waals surface area contributed by atoms with Crippen molar-refractivity contribution in [1.82, 2.24) is 4.81 Å². The first-order chi connectivity index (χ1) is 11.1. The first-order valence-electron chi connectivity index (χ1n) is 7.64. The third-order valence-corrected chi connectivity index (χ3v) is 5.84. The van der Waals surface area contributed by atoms with E-state index in [9.17, 15) is 21.6 Å². The van der Waals surface area contributed by atoms with Crippen molar-refractivity contribution in [2.75, 3.05) is 13.1 Å². The number of halogens is 3. The number of benzene rings is 1. The van der Waals surface area contributed by atoms with E-state index in [1.165, 1.54) is 6.08 Å². The van der Waals surface area contributed by atoms with E-state index < -0.39 is 15.6 Å². The van der Waals surface area contributed by atoms with E-state index in [1.807, 2.05) is 20.1 Å². The molecule has 1 heterocycles. The summed E-state index contributed by atoms with van der Waals surface area (Å²) in [4.78, 5) is 2.21. The molecule has 0 amide bonds. The SMILES string of the molecule is BN1CCC2(CC=C(OS(=O)(=O)C(F)(F)F)c3ccccc32)CC1. The van der Waals surface area contributed by atoms with Crippen LogP contribution in [0, 0.1) is 0 Å². The molecule has 0 radical (unpaired) electrons. The Bertz CT molecular complexity index is 768. The average molecular weight is 359 g/mol. The molecule has 2 aliphatic rings. The number of hydrogen-bond acceptors (Lipinski definition) is 4. The lowest BCUT2D eigenvalue weighted by Gasteiger charge is -2.43. The van der Waals surface area contributed by atoms with Gasteiger partial charge in [-0.15, -0.1) is 0 Å². The zero-order chi connectivity index (χ0) is 17.6. The van der Waals surface area contributed by atoms with Gasteiger partial charge in [0, 0.05) is 11.0 Å². The fourth-order valence-electron chi connectivity index (χ4n) is 3.43. The normalized spacial score (nSPS) is 21.2. The second-order valence-corrected chi connectivity index (χ2v) is 7.92. The highest BCUT2D eigenvalue weighted by molar-refractivity contribution is 7.87. The summed E-state index contributed by atoms with van der Waals surface area (Å²) in [6.07, 6.45) is 3.70. The molecule has 0 atom stereocenters. The van der Waals surface area contributed by atoms with Crippen molar-refractivity contribution in [1.29, 1.82) is 0 Å². The topological polar surface area (TPSA) is 46.6 Å². The van der Waals surface area contributed by atoms with Gasteiger partial charge in [-0.3, -0.25) is 0 Å². The second-order valence-electron chi connectivity index (χ2n) is 6.38. The summed E-state index contributed by atoms with van der Waals surface area (Å²) in [6.45, 7) is 1.78. The Morgan fingerprint density at radius 1 is 1.17 bits per heavy atom. The quantitative estimate of drug-likeness (QED) is 0.461. The van der Waals surface area contributed by atoms with Crippen molar-refractivity contribution in [3.05, 3.63) is 41.5 Å². The maximum absolute atomic E-state index is 12.6. The van der Waals surface area contributed by atoms with Gasteiger partial charge >= 0.3 is 15.6 Å². The molecule has 1 fully saturated rings. The Hall–Kier alpha value is -1.48. The van der Waals surface area contributed by atoms with Crippen molar-refractivity contribution in [3.63, 3.8) is 0 Å². The molecule has 9 heteroatoms. The maximum Gasteiger partial charge on any atom is 0.534 e. The third-order valence-electron chi connectivity index (χ3n) is 4.87. The molecule has 0 unspecified atom stereocenters. The van der Waals surface area contributed by atoms with Gasteiger partial charge in [0.05, 0.1) is 0 Å². The van der Waals surface area contributed by atoms with Crippen LogP contribution in [0.25, 0.3) is 5.76 Å². The zero-order valence-corrected chi connectivity index (χ0v) is 14.0. The number of allylic oxidation sites excluding steroid dienone is 1. The first kappa shape index (κ1) is 17.4. The summed E-state index contributed by atoms with van der Waals surface area (Å²) in [6, 6.07) is 6.97. The van der Waals surface area contributed by atoms with Gasteiger partial charge in [-0.05, 0) is 44.0 Å². The number of hydrogen-bond donors (Lipinski definition) is 0. The highest BCUT2D eigenvalue weighted by atomic mass is 32.2. The van der Waals surface area contributed by atoms with Crippen LogP contribution in [-0.4, -0.2) is 39.8 Å². The third kappa shape index (κ3) is 2.95. The van der Waals surface area contributed by atoms with Crippen molar-refractivity contribution in [2.45, 2.75) is 30.2 Å². The van der Waals surface area contributed by atoms with Gasteiger partial charge in [0.15, 0.2) is 7.98 Å². The highest BCUT2D eigenvalue weighted by Gasteiger charge is 2.50. The molecule has 0 aromatic heterocycles. The molecule has 1 aliphatic carbocycles. The van der Waals surface area contributed by atoms with Crippen molar-refractivity contribution in [2.24, 2.45) is 0 Å². The maximum atomic E-state index is 12.6. The Balaban J connectivity index is 1.97. The summed E-state index contributed by atoms with van der Waals surface area (Å²) in [5.41, 5.74) is -4.31. The standard InChI is InChI=1S/C15H17BF3NO3S/c16-20-9-7-14(8-10-20)6-5-13(11-3-1-2-4-12(11)14)23-24(21,22)15(17,18)19/h1-5H,6-10,16H2. The molecule has 0 bridgehead atoms. The molecule has 1 saturated heterocycles. The van der Waals surface area contributed by atoms with E-state index in [0.29, 0.717) is 12.0 Å². The molecule has 4 nitrogen and oxygen atoms in total. The lowest BCUT2D eigenvalue weighted by Crippen LogP contribution is -2.42. The fourth-order valence-corrected chi connectivity index (χ4v) is 3.92. The minimum absolute atomic E-state index is 0.169. The van der Waals surface area contributed by atoms with Crippen LogP contribution in [0.5, 0.6) is 0 Å². The van der Waals surface area contributed by atoms with Gasteiger partial charge in [-0.1, -0.05) is 24.3 Å².